The summed E-state index contributed by atoms with van der Waals surface area (Å²) in [6.07, 6.45) is 9.99. The van der Waals surface area contributed by atoms with Gasteiger partial charge in [0.15, 0.2) is 6.29 Å². The molecule has 5 aliphatic carbocycles. The Morgan fingerprint density at radius 3 is 2.50 bits per heavy atom. The number of aliphatic hydroxyl groups is 1. The predicted octanol–water partition coefficient (Wildman–Crippen LogP) is 6.03. The maximum atomic E-state index is 12.7. The number of ether oxygens (including phenoxy) is 2. The number of hydrogen-bond donors (Lipinski definition) is 2. The lowest BCUT2D eigenvalue weighted by molar-refractivity contribution is -0.245. The highest BCUT2D eigenvalue weighted by Gasteiger charge is 2.84. The summed E-state index contributed by atoms with van der Waals surface area (Å²) >= 11 is 0. The van der Waals surface area contributed by atoms with Crippen molar-refractivity contribution in [3.8, 4) is 0 Å². The molecule has 6 unspecified atom stereocenters. The Labute approximate surface area is 266 Å². The summed E-state index contributed by atoms with van der Waals surface area (Å²) in [7, 11) is 0. The first-order valence-electron chi connectivity index (χ1n) is 18.2. The van der Waals surface area contributed by atoms with Gasteiger partial charge in [-0.2, -0.15) is 0 Å². The minimum atomic E-state index is -0.334. The maximum Gasteiger partial charge on any atom is 0.225 e. The molecule has 2 N–H and O–H groups in total. The molecule has 2 amide bonds. The number of morpholine rings is 1. The zero-order chi connectivity index (χ0) is 31.8. The molecule has 1 saturated heterocycles. The van der Waals surface area contributed by atoms with Gasteiger partial charge >= 0.3 is 0 Å². The van der Waals surface area contributed by atoms with Gasteiger partial charge in [0.05, 0.1) is 25.4 Å². The molecular weight excluding hydrogens is 552 g/mol. The molecule has 250 valence electrons. The summed E-state index contributed by atoms with van der Waals surface area (Å²) in [5, 5.41) is 14.6. The van der Waals surface area contributed by atoms with Crippen LogP contribution in [0.1, 0.15) is 113 Å². The first-order chi connectivity index (χ1) is 20.7. The number of fused-ring (bicyclic) bond motifs is 2. The number of nitrogens with one attached hydrogen (secondary N) is 1. The molecule has 6 rings (SSSR count). The largest absolute Gasteiger partial charge is 0.393 e. The van der Waals surface area contributed by atoms with Gasteiger partial charge in [-0.1, -0.05) is 48.5 Å². The van der Waals surface area contributed by atoms with E-state index in [0.29, 0.717) is 60.1 Å². The Kier molecular flexibility index (Phi) is 8.56. The Hall–Kier alpha value is -1.18. The van der Waals surface area contributed by atoms with E-state index < -0.39 is 0 Å². The summed E-state index contributed by atoms with van der Waals surface area (Å²) in [5.74, 6) is 3.73. The van der Waals surface area contributed by atoms with Crippen molar-refractivity contribution in [3.05, 3.63) is 0 Å². The minimum Gasteiger partial charge on any atom is -0.393 e. The van der Waals surface area contributed by atoms with Crippen LogP contribution in [-0.2, 0) is 19.1 Å². The summed E-state index contributed by atoms with van der Waals surface area (Å²) < 4.78 is 12.9. The van der Waals surface area contributed by atoms with Crippen LogP contribution in [-0.4, -0.2) is 66.6 Å². The summed E-state index contributed by atoms with van der Waals surface area (Å²) in [5.41, 5.74) is 1.05. The SMILES string of the molecule is CC(=O)NCCCC(C)C1[C@H](O)CC2[C@@H]3CCC4C(C)(C)[C@@H](OC5CN(C(=O)C(C)C)CCO5)CC[C@@]45C(C)[C@@]35CC[C@]12C. The average Bonchev–Trinajstić information content (AvgIpc) is 3.36. The predicted molar refractivity (Wildman–Crippen MR) is 171 cm³/mol. The minimum absolute atomic E-state index is 0.00526. The number of carbonyl (C=O) groups excluding carboxylic acids is 2. The van der Waals surface area contributed by atoms with E-state index in [1.807, 2.05) is 18.7 Å². The Bertz CT molecular complexity index is 1110. The van der Waals surface area contributed by atoms with E-state index in [2.05, 4.69) is 39.9 Å². The zero-order valence-electron chi connectivity index (χ0n) is 29.0. The Balaban J connectivity index is 1.16. The van der Waals surface area contributed by atoms with Gasteiger partial charge in [-0.05, 0) is 115 Å². The molecule has 7 heteroatoms. The number of rotatable bonds is 8. The van der Waals surface area contributed by atoms with Crippen LogP contribution in [0.25, 0.3) is 0 Å². The van der Waals surface area contributed by atoms with E-state index in [-0.39, 0.29) is 47.1 Å². The summed E-state index contributed by atoms with van der Waals surface area (Å²) in [4.78, 5) is 26.0. The van der Waals surface area contributed by atoms with E-state index in [0.717, 1.165) is 38.1 Å². The number of carbonyl (C=O) groups is 2. The number of hydrogen-bond acceptors (Lipinski definition) is 5. The molecule has 7 nitrogen and oxygen atoms in total. The van der Waals surface area contributed by atoms with E-state index in [1.165, 1.54) is 32.1 Å². The number of aliphatic hydroxyl groups excluding tert-OH is 1. The van der Waals surface area contributed by atoms with Crippen LogP contribution in [0.2, 0.25) is 0 Å². The van der Waals surface area contributed by atoms with Crippen LogP contribution in [0.5, 0.6) is 0 Å². The summed E-state index contributed by atoms with van der Waals surface area (Å²) in [6.45, 7) is 20.4. The molecule has 6 fully saturated rings. The van der Waals surface area contributed by atoms with Crippen LogP contribution in [0.4, 0.5) is 0 Å². The third kappa shape index (κ3) is 4.74. The van der Waals surface area contributed by atoms with Gasteiger partial charge in [0.2, 0.25) is 11.8 Å². The smallest absolute Gasteiger partial charge is 0.225 e. The molecule has 0 bridgehead atoms. The van der Waals surface area contributed by atoms with Gasteiger partial charge < -0.3 is 24.8 Å². The molecule has 5 saturated carbocycles. The monoisotopic (exact) mass is 614 g/mol. The molecule has 0 radical (unpaired) electrons. The van der Waals surface area contributed by atoms with E-state index >= 15 is 0 Å². The van der Waals surface area contributed by atoms with Crippen molar-refractivity contribution in [1.82, 2.24) is 10.2 Å². The van der Waals surface area contributed by atoms with Crippen molar-refractivity contribution < 1.29 is 24.2 Å². The van der Waals surface area contributed by atoms with Gasteiger partial charge in [0.1, 0.15) is 0 Å². The second-order valence-corrected chi connectivity index (χ2v) is 17.3. The second-order valence-electron chi connectivity index (χ2n) is 17.3. The van der Waals surface area contributed by atoms with Crippen molar-refractivity contribution >= 4 is 11.8 Å². The Morgan fingerprint density at radius 2 is 1.80 bits per heavy atom. The van der Waals surface area contributed by atoms with Crippen LogP contribution >= 0.6 is 0 Å². The Morgan fingerprint density at radius 1 is 1.05 bits per heavy atom. The maximum absolute atomic E-state index is 12.7. The highest BCUT2D eigenvalue weighted by atomic mass is 16.7. The molecule has 44 heavy (non-hydrogen) atoms. The molecule has 6 aliphatic rings. The third-order valence-electron chi connectivity index (χ3n) is 15.0. The van der Waals surface area contributed by atoms with Gasteiger partial charge in [0.25, 0.3) is 0 Å². The van der Waals surface area contributed by atoms with E-state index in [1.54, 1.807) is 6.92 Å². The standard InChI is InChI=1S/C37H62N2O5/c1-22(2)33(42)39-18-19-43-31(21-39)44-30-13-14-37-24(4)36(37)16-15-35(8)27(26(36)11-12-29(37)34(30,6)7)20-28(41)32(35)23(3)10-9-17-38-25(5)40/h22-24,26-32,41H,9-21H2,1-8H3,(H,38,40)/t23?,24?,26-,27?,28+,29?,30-,31?,32?,35-,36-,37+/m0/s1. The first kappa shape index (κ1) is 32.7. The van der Waals surface area contributed by atoms with Crippen molar-refractivity contribution in [2.75, 3.05) is 26.2 Å². The highest BCUT2D eigenvalue weighted by Crippen LogP contribution is 2.89. The fraction of sp³-hybridized carbons (Fsp3) is 0.946. The lowest BCUT2D eigenvalue weighted by Gasteiger charge is -2.60. The van der Waals surface area contributed by atoms with Crippen molar-refractivity contribution in [2.45, 2.75) is 132 Å². The molecular formula is C37H62N2O5. The van der Waals surface area contributed by atoms with Crippen molar-refractivity contribution in [3.63, 3.8) is 0 Å². The summed E-state index contributed by atoms with van der Waals surface area (Å²) in [6, 6.07) is 0. The molecule has 1 aliphatic heterocycles. The second kappa shape index (κ2) is 11.5. The number of amides is 2. The lowest BCUT2D eigenvalue weighted by Crippen LogP contribution is -2.56. The average molecular weight is 615 g/mol. The normalized spacial score (nSPS) is 46.4. The molecule has 0 aromatic heterocycles. The van der Waals surface area contributed by atoms with Crippen LogP contribution in [0.3, 0.4) is 0 Å². The van der Waals surface area contributed by atoms with E-state index in [4.69, 9.17) is 9.47 Å². The van der Waals surface area contributed by atoms with Crippen LogP contribution in [0, 0.1) is 63.1 Å². The van der Waals surface area contributed by atoms with Gasteiger partial charge in [0, 0.05) is 25.9 Å². The number of nitrogens with zero attached hydrogens (tertiary/aromatic N) is 1. The van der Waals surface area contributed by atoms with Gasteiger partial charge in [-0.15, -0.1) is 0 Å². The fourth-order valence-corrected chi connectivity index (χ4v) is 13.3. The first-order valence-corrected chi connectivity index (χ1v) is 18.2. The topological polar surface area (TPSA) is 88.1 Å². The lowest BCUT2D eigenvalue weighted by atomic mass is 9.46. The van der Waals surface area contributed by atoms with E-state index in [9.17, 15) is 14.7 Å². The highest BCUT2D eigenvalue weighted by molar-refractivity contribution is 5.78. The van der Waals surface area contributed by atoms with Crippen LogP contribution in [0.15, 0.2) is 0 Å². The third-order valence-corrected chi connectivity index (χ3v) is 15.0. The molecule has 2 spiro atoms. The quantitative estimate of drug-likeness (QED) is 0.326. The molecule has 1 heterocycles. The van der Waals surface area contributed by atoms with Gasteiger partial charge in [-0.3, -0.25) is 9.59 Å². The van der Waals surface area contributed by atoms with Gasteiger partial charge in [-0.25, -0.2) is 0 Å². The van der Waals surface area contributed by atoms with Crippen LogP contribution < -0.4 is 5.32 Å². The fourth-order valence-electron chi connectivity index (χ4n) is 13.3. The van der Waals surface area contributed by atoms with Crippen molar-refractivity contribution in [1.29, 1.82) is 0 Å². The molecule has 0 aromatic carbocycles. The molecule has 0 aromatic rings. The van der Waals surface area contributed by atoms with Crippen molar-refractivity contribution in [2.24, 2.45) is 63.1 Å². The zero-order valence-corrected chi connectivity index (χ0v) is 29.0. The molecule has 12 atom stereocenters.